The van der Waals surface area contributed by atoms with Gasteiger partial charge in [-0.05, 0) is 41.0 Å². The number of carbonyl (C=O) groups excluding carboxylic acids is 1. The van der Waals surface area contributed by atoms with Crippen LogP contribution in [0.5, 0.6) is 0 Å². The number of ether oxygens (including phenoxy) is 4. The zero-order valence-corrected chi connectivity index (χ0v) is 19.1. The van der Waals surface area contributed by atoms with E-state index < -0.39 is 28.5 Å². The second-order valence-corrected chi connectivity index (χ2v) is 10.1. The first-order chi connectivity index (χ1) is 13.4. The Hall–Kier alpha value is -1.00. The molecule has 1 unspecified atom stereocenters. The standard InChI is InChI=1S/C20H35NO7S/c1-8-9-15-14(12-29(23)24)17(25-7)16(26-15)10-13-11-21(20(5,6)27-13)18(22)28-19(2,3)4/h8,13-17H,1,9-12H2,2-7H3,(H,23,24)/t13-,14-,15-,16+,17+/m0/s1. The molecule has 2 saturated heterocycles. The van der Waals surface area contributed by atoms with Crippen molar-refractivity contribution in [3.63, 3.8) is 0 Å². The third kappa shape index (κ3) is 6.24. The number of nitrogens with zero attached hydrogens (tertiary/aromatic N) is 1. The van der Waals surface area contributed by atoms with Crippen molar-refractivity contribution < 1.29 is 32.5 Å². The van der Waals surface area contributed by atoms with E-state index in [9.17, 15) is 13.6 Å². The van der Waals surface area contributed by atoms with Gasteiger partial charge in [0.2, 0.25) is 0 Å². The summed E-state index contributed by atoms with van der Waals surface area (Å²) in [5, 5.41) is 0. The van der Waals surface area contributed by atoms with Gasteiger partial charge in [-0.1, -0.05) is 6.08 Å². The van der Waals surface area contributed by atoms with Crippen LogP contribution in [0.1, 0.15) is 47.5 Å². The zero-order valence-electron chi connectivity index (χ0n) is 18.3. The molecule has 2 fully saturated rings. The molecule has 29 heavy (non-hydrogen) atoms. The Morgan fingerprint density at radius 1 is 1.38 bits per heavy atom. The SMILES string of the molecule is C=CC[C@@H]1O[C@H](C[C@H]2CN(C(=O)OC(C)(C)C)C(C)(C)O2)[C@H](OC)[C@H]1CS(=O)O. The topological polar surface area (TPSA) is 94.5 Å². The Morgan fingerprint density at radius 2 is 2.03 bits per heavy atom. The third-order valence-electron chi connectivity index (χ3n) is 5.22. The van der Waals surface area contributed by atoms with Crippen LogP contribution >= 0.6 is 0 Å². The summed E-state index contributed by atoms with van der Waals surface area (Å²) in [6.45, 7) is 13.3. The second-order valence-electron chi connectivity index (χ2n) is 9.10. The fraction of sp³-hybridized carbons (Fsp3) is 0.850. The minimum Gasteiger partial charge on any atom is -0.444 e. The lowest BCUT2D eigenvalue weighted by Gasteiger charge is -2.31. The van der Waals surface area contributed by atoms with Crippen LogP contribution in [0.15, 0.2) is 12.7 Å². The van der Waals surface area contributed by atoms with Gasteiger partial charge >= 0.3 is 6.09 Å². The minimum atomic E-state index is -1.95. The number of amides is 1. The first-order valence-electron chi connectivity index (χ1n) is 9.93. The molecule has 0 aromatic carbocycles. The molecule has 0 radical (unpaired) electrons. The van der Waals surface area contributed by atoms with Crippen LogP contribution in [0.2, 0.25) is 0 Å². The Bertz CT molecular complexity index is 618. The fourth-order valence-electron chi connectivity index (χ4n) is 4.09. The number of methoxy groups -OCH3 is 1. The fourth-order valence-corrected chi connectivity index (χ4v) is 4.83. The van der Waals surface area contributed by atoms with Crippen molar-refractivity contribution in [2.75, 3.05) is 19.4 Å². The van der Waals surface area contributed by atoms with Crippen LogP contribution in [0.25, 0.3) is 0 Å². The highest BCUT2D eigenvalue weighted by molar-refractivity contribution is 7.79. The quantitative estimate of drug-likeness (QED) is 0.487. The maximum absolute atomic E-state index is 12.6. The predicted molar refractivity (Wildman–Crippen MR) is 110 cm³/mol. The summed E-state index contributed by atoms with van der Waals surface area (Å²) >= 11 is -1.95. The van der Waals surface area contributed by atoms with Gasteiger partial charge in [0, 0.05) is 19.4 Å². The van der Waals surface area contributed by atoms with Crippen LogP contribution in [-0.2, 0) is 30.0 Å². The van der Waals surface area contributed by atoms with Crippen molar-refractivity contribution in [3.05, 3.63) is 12.7 Å². The molecule has 2 rings (SSSR count). The van der Waals surface area contributed by atoms with Crippen LogP contribution < -0.4 is 0 Å². The van der Waals surface area contributed by atoms with Crippen molar-refractivity contribution in [1.29, 1.82) is 0 Å². The number of rotatable bonds is 7. The number of hydrogen-bond acceptors (Lipinski definition) is 6. The lowest BCUT2D eigenvalue weighted by Crippen LogP contribution is -2.46. The molecule has 0 aromatic heterocycles. The Kier molecular flexibility index (Phi) is 7.89. The first-order valence-corrected chi connectivity index (χ1v) is 11.2. The number of hydrogen-bond donors (Lipinski definition) is 1. The van der Waals surface area contributed by atoms with E-state index in [1.54, 1.807) is 18.1 Å². The van der Waals surface area contributed by atoms with Gasteiger partial charge in [0.25, 0.3) is 0 Å². The molecule has 2 aliphatic rings. The highest BCUT2D eigenvalue weighted by atomic mass is 32.2. The molecule has 0 bridgehead atoms. The average molecular weight is 434 g/mol. The van der Waals surface area contributed by atoms with E-state index in [2.05, 4.69) is 6.58 Å². The first kappa shape index (κ1) is 24.3. The van der Waals surface area contributed by atoms with Gasteiger partial charge < -0.3 is 23.5 Å². The van der Waals surface area contributed by atoms with Crippen molar-refractivity contribution in [1.82, 2.24) is 4.90 Å². The van der Waals surface area contributed by atoms with Crippen molar-refractivity contribution in [2.45, 2.75) is 83.2 Å². The van der Waals surface area contributed by atoms with Gasteiger partial charge in [-0.15, -0.1) is 6.58 Å². The largest absolute Gasteiger partial charge is 0.444 e. The average Bonchev–Trinajstić information content (AvgIpc) is 3.02. The molecule has 168 valence electrons. The maximum atomic E-state index is 12.6. The van der Waals surface area contributed by atoms with Crippen LogP contribution in [0.4, 0.5) is 4.79 Å². The molecule has 0 aromatic rings. The Balaban J connectivity index is 2.09. The van der Waals surface area contributed by atoms with E-state index in [1.165, 1.54) is 0 Å². The van der Waals surface area contributed by atoms with Gasteiger partial charge in [0.15, 0.2) is 11.1 Å². The normalized spacial score (nSPS) is 32.9. The highest BCUT2D eigenvalue weighted by Crippen LogP contribution is 2.37. The molecule has 8 nitrogen and oxygen atoms in total. The lowest BCUT2D eigenvalue weighted by atomic mass is 9.94. The van der Waals surface area contributed by atoms with Gasteiger partial charge in [-0.2, -0.15) is 0 Å². The van der Waals surface area contributed by atoms with Crippen LogP contribution in [0.3, 0.4) is 0 Å². The third-order valence-corrected chi connectivity index (χ3v) is 5.89. The summed E-state index contributed by atoms with van der Waals surface area (Å²) in [6, 6.07) is 0. The minimum absolute atomic E-state index is 0.0779. The van der Waals surface area contributed by atoms with Gasteiger partial charge in [0.1, 0.15) is 11.3 Å². The predicted octanol–water partition coefficient (Wildman–Crippen LogP) is 2.94. The Labute approximate surface area is 176 Å². The van der Waals surface area contributed by atoms with Crippen molar-refractivity contribution in [2.24, 2.45) is 5.92 Å². The molecule has 0 aliphatic carbocycles. The van der Waals surface area contributed by atoms with E-state index in [1.807, 2.05) is 34.6 Å². The number of carbonyl (C=O) groups is 1. The van der Waals surface area contributed by atoms with Gasteiger partial charge in [-0.25, -0.2) is 9.00 Å². The molecule has 1 amide bonds. The maximum Gasteiger partial charge on any atom is 0.412 e. The zero-order chi connectivity index (χ0) is 22.0. The van der Waals surface area contributed by atoms with E-state index in [0.717, 1.165) is 0 Å². The smallest absolute Gasteiger partial charge is 0.412 e. The second kappa shape index (κ2) is 9.43. The van der Waals surface area contributed by atoms with Crippen molar-refractivity contribution >= 4 is 17.2 Å². The van der Waals surface area contributed by atoms with Gasteiger partial charge in [-0.3, -0.25) is 4.90 Å². The summed E-state index contributed by atoms with van der Waals surface area (Å²) < 4.78 is 44.3. The summed E-state index contributed by atoms with van der Waals surface area (Å²) in [5.41, 5.74) is -1.40. The summed E-state index contributed by atoms with van der Waals surface area (Å²) in [6.07, 6.45) is 1.25. The molecule has 2 aliphatic heterocycles. The van der Waals surface area contributed by atoms with Gasteiger partial charge in [0.05, 0.1) is 36.7 Å². The lowest BCUT2D eigenvalue weighted by molar-refractivity contribution is -0.0943. The molecular formula is C20H35NO7S. The summed E-state index contributed by atoms with van der Waals surface area (Å²) in [7, 11) is 1.58. The molecule has 1 N–H and O–H groups in total. The summed E-state index contributed by atoms with van der Waals surface area (Å²) in [5.74, 6) is -0.139. The van der Waals surface area contributed by atoms with E-state index in [4.69, 9.17) is 18.9 Å². The van der Waals surface area contributed by atoms with E-state index >= 15 is 0 Å². The van der Waals surface area contributed by atoms with Crippen LogP contribution in [-0.4, -0.2) is 74.9 Å². The molecular weight excluding hydrogens is 398 g/mol. The molecule has 6 atom stereocenters. The molecule has 9 heteroatoms. The van der Waals surface area contributed by atoms with E-state index in [0.29, 0.717) is 19.4 Å². The molecule has 0 spiro atoms. The van der Waals surface area contributed by atoms with E-state index in [-0.39, 0.29) is 36.1 Å². The van der Waals surface area contributed by atoms with Crippen molar-refractivity contribution in [3.8, 4) is 0 Å². The highest BCUT2D eigenvalue weighted by Gasteiger charge is 2.49. The molecule has 2 heterocycles. The monoisotopic (exact) mass is 433 g/mol. The van der Waals surface area contributed by atoms with Crippen LogP contribution in [0, 0.1) is 5.92 Å². The Morgan fingerprint density at radius 3 is 2.55 bits per heavy atom. The summed E-state index contributed by atoms with van der Waals surface area (Å²) in [4.78, 5) is 14.2. The molecule has 0 saturated carbocycles.